The zero-order chi connectivity index (χ0) is 9.97. The van der Waals surface area contributed by atoms with Gasteiger partial charge in [-0.3, -0.25) is 4.79 Å². The Bertz CT molecular complexity index is 313. The summed E-state index contributed by atoms with van der Waals surface area (Å²) in [7, 11) is 0. The van der Waals surface area contributed by atoms with Crippen LogP contribution in [-0.2, 0) is 4.79 Å². The van der Waals surface area contributed by atoms with E-state index >= 15 is 0 Å². The van der Waals surface area contributed by atoms with Crippen molar-refractivity contribution in [3.8, 4) is 0 Å². The van der Waals surface area contributed by atoms with E-state index in [9.17, 15) is 4.79 Å². The van der Waals surface area contributed by atoms with Crippen molar-refractivity contribution in [1.82, 2.24) is 14.9 Å². The van der Waals surface area contributed by atoms with Crippen molar-refractivity contribution in [1.29, 1.82) is 0 Å². The molecule has 6 heteroatoms. The lowest BCUT2D eigenvalue weighted by Crippen LogP contribution is -2.27. The second-order valence-electron chi connectivity index (χ2n) is 3.51. The number of carbonyl (C=O) groups excluding carboxylic acids is 1. The quantitative estimate of drug-likeness (QED) is 0.741. The number of carbonyl (C=O) groups is 1. The summed E-state index contributed by atoms with van der Waals surface area (Å²) in [5.74, 6) is 0.529. The topological polar surface area (TPSA) is 66.9 Å². The van der Waals surface area contributed by atoms with E-state index in [2.05, 4.69) is 27.1 Å². The van der Waals surface area contributed by atoms with Crippen molar-refractivity contribution in [3.05, 3.63) is 6.20 Å². The molecule has 0 saturated carbocycles. The van der Waals surface area contributed by atoms with Gasteiger partial charge in [-0.25, -0.2) is 0 Å². The number of hydrogen-bond acceptors (Lipinski definition) is 5. The van der Waals surface area contributed by atoms with E-state index in [0.717, 1.165) is 13.1 Å². The highest BCUT2D eigenvalue weighted by molar-refractivity contribution is 7.10. The molecule has 2 rings (SSSR count). The SMILES string of the molecule is C[C@@H]1CNC[C@H]1C(=O)Nc1cnns1. The molecular weight excluding hydrogens is 200 g/mol. The molecule has 1 aliphatic rings. The van der Waals surface area contributed by atoms with Crippen LogP contribution < -0.4 is 10.6 Å². The summed E-state index contributed by atoms with van der Waals surface area (Å²) in [4.78, 5) is 11.7. The average molecular weight is 212 g/mol. The van der Waals surface area contributed by atoms with E-state index in [1.807, 2.05) is 0 Å². The monoisotopic (exact) mass is 212 g/mol. The molecule has 0 radical (unpaired) electrons. The summed E-state index contributed by atoms with van der Waals surface area (Å²) in [6.07, 6.45) is 1.57. The van der Waals surface area contributed by atoms with Crippen molar-refractivity contribution in [2.24, 2.45) is 11.8 Å². The molecule has 5 nitrogen and oxygen atoms in total. The zero-order valence-electron chi connectivity index (χ0n) is 7.86. The Morgan fingerprint density at radius 2 is 2.57 bits per heavy atom. The number of anilines is 1. The van der Waals surface area contributed by atoms with Crippen molar-refractivity contribution in [3.63, 3.8) is 0 Å². The molecule has 1 aromatic rings. The highest BCUT2D eigenvalue weighted by Crippen LogP contribution is 2.19. The van der Waals surface area contributed by atoms with Gasteiger partial charge in [-0.15, -0.1) is 5.10 Å². The van der Waals surface area contributed by atoms with Crippen LogP contribution in [0.3, 0.4) is 0 Å². The Hall–Kier alpha value is -1.01. The van der Waals surface area contributed by atoms with Crippen molar-refractivity contribution in [2.45, 2.75) is 6.92 Å². The predicted octanol–water partition coefficient (Wildman–Crippen LogP) is 0.332. The maximum Gasteiger partial charge on any atom is 0.229 e. The van der Waals surface area contributed by atoms with Crippen LogP contribution in [0.2, 0.25) is 0 Å². The first-order chi connectivity index (χ1) is 6.77. The van der Waals surface area contributed by atoms with Crippen LogP contribution >= 0.6 is 11.5 Å². The minimum absolute atomic E-state index is 0.0635. The summed E-state index contributed by atoms with van der Waals surface area (Å²) < 4.78 is 3.68. The molecule has 2 N–H and O–H groups in total. The highest BCUT2D eigenvalue weighted by Gasteiger charge is 2.29. The van der Waals surface area contributed by atoms with E-state index in [4.69, 9.17) is 0 Å². The molecule has 0 bridgehead atoms. The van der Waals surface area contributed by atoms with Gasteiger partial charge in [-0.2, -0.15) is 0 Å². The van der Waals surface area contributed by atoms with Gasteiger partial charge in [0.1, 0.15) is 5.00 Å². The number of aromatic nitrogens is 2. The lowest BCUT2D eigenvalue weighted by molar-refractivity contribution is -0.120. The Morgan fingerprint density at radius 3 is 3.14 bits per heavy atom. The number of hydrogen-bond donors (Lipinski definition) is 2. The first-order valence-electron chi connectivity index (χ1n) is 4.56. The molecule has 76 valence electrons. The van der Waals surface area contributed by atoms with Crippen LogP contribution in [0, 0.1) is 11.8 Å². The van der Waals surface area contributed by atoms with Gasteiger partial charge in [0, 0.05) is 18.1 Å². The van der Waals surface area contributed by atoms with Crippen molar-refractivity contribution < 1.29 is 4.79 Å². The lowest BCUT2D eigenvalue weighted by atomic mass is 9.97. The normalized spacial score (nSPS) is 26.4. The van der Waals surface area contributed by atoms with Gasteiger partial charge in [0.05, 0.1) is 12.1 Å². The lowest BCUT2D eigenvalue weighted by Gasteiger charge is -2.12. The van der Waals surface area contributed by atoms with E-state index in [1.165, 1.54) is 11.5 Å². The minimum atomic E-state index is 0.0635. The van der Waals surface area contributed by atoms with Crippen LogP contribution in [0.25, 0.3) is 0 Å². The second-order valence-corrected chi connectivity index (χ2v) is 4.30. The molecule has 0 aliphatic carbocycles. The Kier molecular flexibility index (Phi) is 2.74. The fraction of sp³-hybridized carbons (Fsp3) is 0.625. The van der Waals surface area contributed by atoms with Crippen LogP contribution in [0.5, 0.6) is 0 Å². The highest BCUT2D eigenvalue weighted by atomic mass is 32.1. The third-order valence-electron chi connectivity index (χ3n) is 2.46. The summed E-state index contributed by atoms with van der Waals surface area (Å²) in [5, 5.41) is 10.4. The van der Waals surface area contributed by atoms with Gasteiger partial charge in [0.25, 0.3) is 0 Å². The molecule has 14 heavy (non-hydrogen) atoms. The van der Waals surface area contributed by atoms with Crippen LogP contribution in [0.1, 0.15) is 6.92 Å². The molecule has 1 amide bonds. The largest absolute Gasteiger partial charge is 0.316 e. The van der Waals surface area contributed by atoms with Crippen LogP contribution in [0.15, 0.2) is 6.20 Å². The number of rotatable bonds is 2. The molecule has 2 heterocycles. The van der Waals surface area contributed by atoms with E-state index in [1.54, 1.807) is 6.20 Å². The van der Waals surface area contributed by atoms with Gasteiger partial charge < -0.3 is 10.6 Å². The Labute approximate surface area is 86.1 Å². The van der Waals surface area contributed by atoms with Crippen LogP contribution in [0.4, 0.5) is 5.00 Å². The number of nitrogens with zero attached hydrogens (tertiary/aromatic N) is 2. The molecule has 1 aromatic heterocycles. The van der Waals surface area contributed by atoms with Gasteiger partial charge in [0.15, 0.2) is 0 Å². The third kappa shape index (κ3) is 1.91. The molecular formula is C8H12N4OS. The predicted molar refractivity (Wildman–Crippen MR) is 54.1 cm³/mol. The van der Waals surface area contributed by atoms with Gasteiger partial charge in [0.2, 0.25) is 5.91 Å². The molecule has 1 fully saturated rings. The average Bonchev–Trinajstić information content (AvgIpc) is 2.75. The zero-order valence-corrected chi connectivity index (χ0v) is 8.67. The van der Waals surface area contributed by atoms with Gasteiger partial charge in [-0.05, 0) is 12.5 Å². The molecule has 0 spiro atoms. The molecule has 1 saturated heterocycles. The fourth-order valence-electron chi connectivity index (χ4n) is 1.60. The summed E-state index contributed by atoms with van der Waals surface area (Å²) in [6, 6.07) is 0. The second kappa shape index (κ2) is 4.02. The molecule has 2 atom stereocenters. The van der Waals surface area contributed by atoms with E-state index in [-0.39, 0.29) is 11.8 Å². The first-order valence-corrected chi connectivity index (χ1v) is 5.33. The van der Waals surface area contributed by atoms with E-state index in [0.29, 0.717) is 10.9 Å². The molecule has 1 aliphatic heterocycles. The Morgan fingerprint density at radius 1 is 1.71 bits per heavy atom. The maximum absolute atomic E-state index is 11.7. The first kappa shape index (κ1) is 9.54. The standard InChI is InChI=1S/C8H12N4OS/c1-5-2-9-3-6(5)8(13)11-7-4-10-12-14-7/h4-6,9H,2-3H2,1H3,(H,11,13)/t5-,6-/m1/s1. The summed E-state index contributed by atoms with van der Waals surface area (Å²) in [6.45, 7) is 3.76. The van der Waals surface area contributed by atoms with Crippen LogP contribution in [-0.4, -0.2) is 28.6 Å². The molecule has 0 unspecified atom stereocenters. The fourth-order valence-corrected chi connectivity index (χ4v) is 2.02. The molecule has 0 aromatic carbocycles. The third-order valence-corrected chi connectivity index (χ3v) is 3.04. The van der Waals surface area contributed by atoms with Crippen molar-refractivity contribution in [2.75, 3.05) is 18.4 Å². The minimum Gasteiger partial charge on any atom is -0.316 e. The Balaban J connectivity index is 1.95. The number of nitrogens with one attached hydrogen (secondary N) is 2. The summed E-state index contributed by atoms with van der Waals surface area (Å²) in [5.41, 5.74) is 0. The van der Waals surface area contributed by atoms with Crippen molar-refractivity contribution >= 4 is 22.4 Å². The maximum atomic E-state index is 11.7. The van der Waals surface area contributed by atoms with Gasteiger partial charge >= 0.3 is 0 Å². The van der Waals surface area contributed by atoms with E-state index < -0.39 is 0 Å². The smallest absolute Gasteiger partial charge is 0.229 e. The summed E-state index contributed by atoms with van der Waals surface area (Å²) >= 11 is 1.20. The number of amides is 1. The van der Waals surface area contributed by atoms with Gasteiger partial charge in [-0.1, -0.05) is 11.4 Å².